The summed E-state index contributed by atoms with van der Waals surface area (Å²) in [7, 11) is -1.53. The first-order valence-corrected chi connectivity index (χ1v) is 11.3. The standard InChI is InChI=1S/C17H24ClN3O2S2/c1-20-10-6-7-14(20)15(21-11-4-2-3-5-12-21)13-19-25(22,23)17-9-8-16(18)24-17/h6-10,15,19H,2-5,11-13H2,1H3. The Morgan fingerprint density at radius 3 is 2.48 bits per heavy atom. The summed E-state index contributed by atoms with van der Waals surface area (Å²) in [6.07, 6.45) is 6.82. The van der Waals surface area contributed by atoms with E-state index in [1.807, 2.05) is 19.3 Å². The Bertz CT molecular complexity index is 792. The van der Waals surface area contributed by atoms with E-state index in [-0.39, 0.29) is 10.3 Å². The van der Waals surface area contributed by atoms with Crippen LogP contribution in [0.4, 0.5) is 0 Å². The van der Waals surface area contributed by atoms with Gasteiger partial charge in [0, 0.05) is 25.5 Å². The molecule has 0 spiro atoms. The maximum absolute atomic E-state index is 12.6. The van der Waals surface area contributed by atoms with Gasteiger partial charge in [-0.25, -0.2) is 13.1 Å². The fourth-order valence-electron chi connectivity index (χ4n) is 3.35. The van der Waals surface area contributed by atoms with Gasteiger partial charge < -0.3 is 4.57 Å². The molecule has 1 unspecified atom stereocenters. The lowest BCUT2D eigenvalue weighted by Crippen LogP contribution is -2.39. The number of nitrogens with one attached hydrogen (secondary N) is 1. The fraction of sp³-hybridized carbons (Fsp3) is 0.529. The van der Waals surface area contributed by atoms with E-state index in [4.69, 9.17) is 11.6 Å². The van der Waals surface area contributed by atoms with Crippen molar-refractivity contribution in [3.63, 3.8) is 0 Å². The number of hydrogen-bond acceptors (Lipinski definition) is 4. The Morgan fingerprint density at radius 2 is 1.92 bits per heavy atom. The topological polar surface area (TPSA) is 54.3 Å². The van der Waals surface area contributed by atoms with Crippen LogP contribution in [0.3, 0.4) is 0 Å². The van der Waals surface area contributed by atoms with E-state index in [0.29, 0.717) is 10.9 Å². The van der Waals surface area contributed by atoms with E-state index in [2.05, 4.69) is 20.3 Å². The summed E-state index contributed by atoms with van der Waals surface area (Å²) < 4.78 is 30.7. The Labute approximate surface area is 158 Å². The van der Waals surface area contributed by atoms with Crippen molar-refractivity contribution in [3.05, 3.63) is 40.5 Å². The highest BCUT2D eigenvalue weighted by atomic mass is 35.5. The maximum Gasteiger partial charge on any atom is 0.250 e. The van der Waals surface area contributed by atoms with Crippen LogP contribution < -0.4 is 4.72 Å². The van der Waals surface area contributed by atoms with Crippen molar-refractivity contribution < 1.29 is 8.42 Å². The van der Waals surface area contributed by atoms with Crippen molar-refractivity contribution in [2.24, 2.45) is 7.05 Å². The number of thiophene rings is 1. The molecule has 0 aromatic carbocycles. The molecule has 8 heteroatoms. The minimum atomic E-state index is -3.54. The summed E-state index contributed by atoms with van der Waals surface area (Å²) in [5, 5.41) is 0. The van der Waals surface area contributed by atoms with Gasteiger partial charge in [-0.05, 0) is 50.2 Å². The smallest absolute Gasteiger partial charge is 0.250 e. The van der Waals surface area contributed by atoms with Gasteiger partial charge in [0.25, 0.3) is 0 Å². The number of sulfonamides is 1. The Morgan fingerprint density at radius 1 is 1.20 bits per heavy atom. The second-order valence-corrected chi connectivity index (χ2v) is 10.1. The van der Waals surface area contributed by atoms with E-state index >= 15 is 0 Å². The summed E-state index contributed by atoms with van der Waals surface area (Å²) in [6, 6.07) is 7.28. The van der Waals surface area contributed by atoms with E-state index in [1.54, 1.807) is 12.1 Å². The van der Waals surface area contributed by atoms with Gasteiger partial charge in [-0.3, -0.25) is 4.90 Å². The summed E-state index contributed by atoms with van der Waals surface area (Å²) in [6.45, 7) is 2.36. The number of halogens is 1. The molecule has 3 rings (SSSR count). The molecule has 0 radical (unpaired) electrons. The maximum atomic E-state index is 12.6. The molecule has 1 fully saturated rings. The van der Waals surface area contributed by atoms with Gasteiger partial charge in [0.2, 0.25) is 10.0 Å². The third-order valence-electron chi connectivity index (χ3n) is 4.69. The van der Waals surface area contributed by atoms with Gasteiger partial charge in [0.1, 0.15) is 4.21 Å². The predicted molar refractivity (Wildman–Crippen MR) is 103 cm³/mol. The molecule has 25 heavy (non-hydrogen) atoms. The second kappa shape index (κ2) is 8.22. The molecule has 0 bridgehead atoms. The number of nitrogens with zero attached hydrogens (tertiary/aromatic N) is 2. The predicted octanol–water partition coefficient (Wildman–Crippen LogP) is 3.64. The Balaban J connectivity index is 1.79. The molecule has 5 nitrogen and oxygen atoms in total. The lowest BCUT2D eigenvalue weighted by molar-refractivity contribution is 0.199. The molecule has 3 heterocycles. The minimum Gasteiger partial charge on any atom is -0.353 e. The Hall–Kier alpha value is -0.860. The SMILES string of the molecule is Cn1cccc1C(CNS(=O)(=O)c1ccc(Cl)s1)N1CCCCCC1. The number of likely N-dealkylation sites (tertiary alicyclic amines) is 1. The molecule has 0 saturated carbocycles. The number of rotatable bonds is 6. The summed E-state index contributed by atoms with van der Waals surface area (Å²) in [5.74, 6) is 0. The summed E-state index contributed by atoms with van der Waals surface area (Å²) in [4.78, 5) is 2.41. The van der Waals surface area contributed by atoms with Gasteiger partial charge in [-0.2, -0.15) is 0 Å². The lowest BCUT2D eigenvalue weighted by atomic mass is 10.1. The highest BCUT2D eigenvalue weighted by molar-refractivity contribution is 7.91. The molecule has 0 amide bonds. The monoisotopic (exact) mass is 401 g/mol. The zero-order valence-corrected chi connectivity index (χ0v) is 16.7. The molecular weight excluding hydrogens is 378 g/mol. The van der Waals surface area contributed by atoms with E-state index in [1.165, 1.54) is 12.8 Å². The fourth-order valence-corrected chi connectivity index (χ4v) is 5.92. The molecular formula is C17H24ClN3O2S2. The zero-order chi connectivity index (χ0) is 17.9. The van der Waals surface area contributed by atoms with Crippen molar-refractivity contribution in [2.45, 2.75) is 35.9 Å². The van der Waals surface area contributed by atoms with Crippen LogP contribution in [0.25, 0.3) is 0 Å². The number of aromatic nitrogens is 1. The first kappa shape index (κ1) is 18.9. The van der Waals surface area contributed by atoms with Gasteiger partial charge in [0.05, 0.1) is 10.4 Å². The van der Waals surface area contributed by atoms with Crippen LogP contribution in [0.2, 0.25) is 4.34 Å². The molecule has 1 saturated heterocycles. The second-order valence-electron chi connectivity index (χ2n) is 6.42. The largest absolute Gasteiger partial charge is 0.353 e. The zero-order valence-electron chi connectivity index (χ0n) is 14.3. The summed E-state index contributed by atoms with van der Waals surface area (Å²) in [5.41, 5.74) is 1.13. The van der Waals surface area contributed by atoms with Crippen LogP contribution in [0.5, 0.6) is 0 Å². The van der Waals surface area contributed by atoms with Crippen molar-refractivity contribution in [3.8, 4) is 0 Å². The first-order valence-electron chi connectivity index (χ1n) is 8.57. The molecule has 1 aliphatic rings. The first-order chi connectivity index (χ1) is 12.0. The molecule has 1 aliphatic heterocycles. The quantitative estimate of drug-likeness (QED) is 0.803. The number of hydrogen-bond donors (Lipinski definition) is 1. The van der Waals surface area contributed by atoms with Gasteiger partial charge in [-0.1, -0.05) is 24.4 Å². The van der Waals surface area contributed by atoms with Gasteiger partial charge in [-0.15, -0.1) is 11.3 Å². The third kappa shape index (κ3) is 4.65. The van der Waals surface area contributed by atoms with Crippen molar-refractivity contribution in [1.29, 1.82) is 0 Å². The normalized spacial score (nSPS) is 18.2. The van der Waals surface area contributed by atoms with Crippen molar-refractivity contribution in [2.75, 3.05) is 19.6 Å². The molecule has 138 valence electrons. The molecule has 1 N–H and O–H groups in total. The van der Waals surface area contributed by atoms with Crippen LogP contribution in [-0.2, 0) is 17.1 Å². The molecule has 1 atom stereocenters. The van der Waals surface area contributed by atoms with E-state index < -0.39 is 10.0 Å². The Kier molecular flexibility index (Phi) is 6.22. The average Bonchev–Trinajstić information content (AvgIpc) is 3.10. The lowest BCUT2D eigenvalue weighted by Gasteiger charge is -2.31. The van der Waals surface area contributed by atoms with Gasteiger partial charge in [0.15, 0.2) is 0 Å². The van der Waals surface area contributed by atoms with E-state index in [0.717, 1.165) is 43.0 Å². The molecule has 2 aromatic rings. The van der Waals surface area contributed by atoms with Crippen LogP contribution in [0.1, 0.15) is 37.4 Å². The van der Waals surface area contributed by atoms with Gasteiger partial charge >= 0.3 is 0 Å². The average molecular weight is 402 g/mol. The van der Waals surface area contributed by atoms with Crippen LogP contribution in [0.15, 0.2) is 34.7 Å². The van der Waals surface area contributed by atoms with Crippen LogP contribution >= 0.6 is 22.9 Å². The molecule has 0 aliphatic carbocycles. The highest BCUT2D eigenvalue weighted by Crippen LogP contribution is 2.27. The number of aryl methyl sites for hydroxylation is 1. The highest BCUT2D eigenvalue weighted by Gasteiger charge is 2.26. The van der Waals surface area contributed by atoms with Crippen molar-refractivity contribution >= 4 is 33.0 Å². The minimum absolute atomic E-state index is 0.0308. The van der Waals surface area contributed by atoms with Crippen molar-refractivity contribution in [1.82, 2.24) is 14.2 Å². The van der Waals surface area contributed by atoms with Crippen LogP contribution in [-0.4, -0.2) is 37.5 Å². The van der Waals surface area contributed by atoms with E-state index in [9.17, 15) is 8.42 Å². The molecule has 2 aromatic heterocycles. The third-order valence-corrected chi connectivity index (χ3v) is 7.83. The summed E-state index contributed by atoms with van der Waals surface area (Å²) >= 11 is 6.97. The van der Waals surface area contributed by atoms with Crippen LogP contribution in [0, 0.1) is 0 Å².